The van der Waals surface area contributed by atoms with Crippen molar-refractivity contribution in [1.82, 2.24) is 0 Å². The molecule has 1 amide bonds. The van der Waals surface area contributed by atoms with Crippen LogP contribution in [-0.4, -0.2) is 11.4 Å². The third-order valence-corrected chi connectivity index (χ3v) is 6.42. The van der Waals surface area contributed by atoms with Crippen LogP contribution in [0, 0.1) is 5.82 Å². The maximum absolute atomic E-state index is 13.5. The maximum Gasteiger partial charge on any atom is 0.258 e. The van der Waals surface area contributed by atoms with Crippen molar-refractivity contribution in [2.75, 3.05) is 4.90 Å². The van der Waals surface area contributed by atoms with Crippen molar-refractivity contribution < 1.29 is 9.18 Å². The van der Waals surface area contributed by atoms with Gasteiger partial charge in [0.1, 0.15) is 5.82 Å². The average molecular weight is 402 g/mol. The second kappa shape index (κ2) is 7.39. The first-order chi connectivity index (χ1) is 14.3. The molecule has 0 unspecified atom stereocenters. The molecule has 1 aliphatic heterocycles. The van der Waals surface area contributed by atoms with Crippen molar-refractivity contribution in [3.8, 4) is 0 Å². The van der Waals surface area contributed by atoms with Crippen LogP contribution in [0.25, 0.3) is 0 Å². The van der Waals surface area contributed by atoms with Gasteiger partial charge in [-0.2, -0.15) is 0 Å². The fourth-order valence-electron chi connectivity index (χ4n) is 4.97. The summed E-state index contributed by atoms with van der Waals surface area (Å²) in [4.78, 5) is 15.4. The molecule has 3 aromatic rings. The average Bonchev–Trinajstić information content (AvgIpc) is 2.73. The second-order valence-electron chi connectivity index (χ2n) is 9.04. The zero-order chi connectivity index (χ0) is 21.5. The molecule has 3 aromatic carbocycles. The fraction of sp³-hybridized carbons (Fsp3) is 0.296. The van der Waals surface area contributed by atoms with E-state index in [0.717, 1.165) is 24.1 Å². The molecule has 1 heterocycles. The van der Waals surface area contributed by atoms with E-state index in [4.69, 9.17) is 0 Å². The number of fused-ring (bicyclic) bond motifs is 1. The molecule has 0 N–H and O–H groups in total. The highest BCUT2D eigenvalue weighted by Gasteiger charge is 2.47. The summed E-state index contributed by atoms with van der Waals surface area (Å²) in [5.41, 5.74) is 4.50. The Morgan fingerprint density at radius 1 is 0.933 bits per heavy atom. The van der Waals surface area contributed by atoms with Crippen molar-refractivity contribution in [3.05, 3.63) is 101 Å². The number of para-hydroxylation sites is 1. The maximum atomic E-state index is 13.5. The van der Waals surface area contributed by atoms with Gasteiger partial charge in [0.05, 0.1) is 0 Å². The highest BCUT2D eigenvalue weighted by Crippen LogP contribution is 2.50. The SMILES string of the molecule is CCc1ccc([C@@]2(C)CC(C)(C)N(C(=O)c3ccc(F)cc3)c3ccccc32)cc1. The van der Waals surface area contributed by atoms with E-state index in [9.17, 15) is 9.18 Å². The first kappa shape index (κ1) is 20.3. The van der Waals surface area contributed by atoms with Gasteiger partial charge in [0.25, 0.3) is 5.91 Å². The van der Waals surface area contributed by atoms with Crippen molar-refractivity contribution in [3.63, 3.8) is 0 Å². The molecule has 0 spiro atoms. The molecule has 0 radical (unpaired) electrons. The summed E-state index contributed by atoms with van der Waals surface area (Å²) < 4.78 is 13.4. The lowest BCUT2D eigenvalue weighted by Crippen LogP contribution is -2.55. The van der Waals surface area contributed by atoms with Crippen LogP contribution in [-0.2, 0) is 11.8 Å². The third kappa shape index (κ3) is 3.32. The van der Waals surface area contributed by atoms with Crippen LogP contribution in [0.2, 0.25) is 0 Å². The summed E-state index contributed by atoms with van der Waals surface area (Å²) in [5, 5.41) is 0. The van der Waals surface area contributed by atoms with Gasteiger partial charge in [0.15, 0.2) is 0 Å². The summed E-state index contributed by atoms with van der Waals surface area (Å²) in [5.74, 6) is -0.441. The number of nitrogens with zero attached hydrogens (tertiary/aromatic N) is 1. The molecule has 0 saturated heterocycles. The molecule has 0 aromatic heterocycles. The Balaban J connectivity index is 1.85. The minimum absolute atomic E-state index is 0.101. The van der Waals surface area contributed by atoms with Gasteiger partial charge >= 0.3 is 0 Å². The molecular weight excluding hydrogens is 373 g/mol. The number of carbonyl (C=O) groups is 1. The lowest BCUT2D eigenvalue weighted by molar-refractivity contribution is 0.0948. The minimum atomic E-state index is -0.419. The molecular formula is C27H28FNO. The van der Waals surface area contributed by atoms with Gasteiger partial charge in [0, 0.05) is 22.2 Å². The molecule has 154 valence electrons. The second-order valence-corrected chi connectivity index (χ2v) is 9.04. The van der Waals surface area contributed by atoms with Gasteiger partial charge in [-0.05, 0) is 73.7 Å². The number of aryl methyl sites for hydroxylation is 1. The van der Waals surface area contributed by atoms with Crippen molar-refractivity contribution in [1.29, 1.82) is 0 Å². The summed E-state index contributed by atoms with van der Waals surface area (Å²) >= 11 is 0. The van der Waals surface area contributed by atoms with E-state index in [-0.39, 0.29) is 17.1 Å². The molecule has 0 aliphatic carbocycles. The molecule has 0 fully saturated rings. The van der Waals surface area contributed by atoms with E-state index in [1.165, 1.54) is 23.3 Å². The summed E-state index contributed by atoms with van der Waals surface area (Å²) in [6.45, 7) is 8.66. The van der Waals surface area contributed by atoms with Crippen LogP contribution in [0.15, 0.2) is 72.8 Å². The minimum Gasteiger partial charge on any atom is -0.302 e. The summed E-state index contributed by atoms with van der Waals surface area (Å²) in [7, 11) is 0. The number of hydrogen-bond donors (Lipinski definition) is 0. The Kier molecular flexibility index (Phi) is 5.01. The quantitative estimate of drug-likeness (QED) is 0.489. The molecule has 1 aliphatic rings. The largest absolute Gasteiger partial charge is 0.302 e. The van der Waals surface area contributed by atoms with E-state index < -0.39 is 5.54 Å². The predicted molar refractivity (Wildman–Crippen MR) is 121 cm³/mol. The zero-order valence-electron chi connectivity index (χ0n) is 18.1. The lowest BCUT2D eigenvalue weighted by atomic mass is 9.65. The summed E-state index contributed by atoms with van der Waals surface area (Å²) in [6.07, 6.45) is 1.80. The van der Waals surface area contributed by atoms with Crippen LogP contribution >= 0.6 is 0 Å². The van der Waals surface area contributed by atoms with Crippen LogP contribution < -0.4 is 4.90 Å². The van der Waals surface area contributed by atoms with E-state index in [1.807, 2.05) is 23.1 Å². The number of rotatable bonds is 3. The lowest BCUT2D eigenvalue weighted by Gasteiger charge is -2.51. The monoisotopic (exact) mass is 401 g/mol. The Morgan fingerprint density at radius 2 is 1.57 bits per heavy atom. The number of anilines is 1. The number of carbonyl (C=O) groups excluding carboxylic acids is 1. The predicted octanol–water partition coefficient (Wildman–Crippen LogP) is 6.52. The van der Waals surface area contributed by atoms with Crippen molar-refractivity contribution in [2.45, 2.75) is 51.5 Å². The summed E-state index contributed by atoms with van der Waals surface area (Å²) in [6, 6.07) is 22.8. The Labute approximate surface area is 178 Å². The normalized spacial score (nSPS) is 20.0. The first-order valence-corrected chi connectivity index (χ1v) is 10.6. The smallest absolute Gasteiger partial charge is 0.258 e. The van der Waals surface area contributed by atoms with Crippen LogP contribution in [0.3, 0.4) is 0 Å². The Hall–Kier alpha value is -2.94. The highest BCUT2D eigenvalue weighted by atomic mass is 19.1. The third-order valence-electron chi connectivity index (χ3n) is 6.42. The topological polar surface area (TPSA) is 20.3 Å². The van der Waals surface area contributed by atoms with E-state index in [0.29, 0.717) is 5.56 Å². The molecule has 4 rings (SSSR count). The molecule has 2 nitrogen and oxygen atoms in total. The van der Waals surface area contributed by atoms with Gasteiger partial charge in [-0.1, -0.05) is 56.3 Å². The van der Waals surface area contributed by atoms with Crippen LogP contribution in [0.5, 0.6) is 0 Å². The van der Waals surface area contributed by atoms with Gasteiger partial charge in [-0.3, -0.25) is 4.79 Å². The zero-order valence-corrected chi connectivity index (χ0v) is 18.1. The Bertz CT molecular complexity index is 1070. The molecule has 1 atom stereocenters. The van der Waals surface area contributed by atoms with Gasteiger partial charge in [0.2, 0.25) is 0 Å². The standard InChI is InChI=1S/C27H28FNO/c1-5-19-10-14-21(15-11-19)27(4)18-26(2,3)29(24-9-7-6-8-23(24)27)25(30)20-12-16-22(28)17-13-20/h6-17H,5,18H2,1-4H3/t27-/m1/s1. The molecule has 0 saturated carbocycles. The van der Waals surface area contributed by atoms with E-state index in [1.54, 1.807) is 12.1 Å². The van der Waals surface area contributed by atoms with Gasteiger partial charge < -0.3 is 4.90 Å². The number of halogens is 1. The molecule has 3 heteroatoms. The van der Waals surface area contributed by atoms with Crippen LogP contribution in [0.1, 0.15) is 61.2 Å². The highest BCUT2D eigenvalue weighted by molar-refractivity contribution is 6.08. The Morgan fingerprint density at radius 3 is 2.20 bits per heavy atom. The number of benzene rings is 3. The first-order valence-electron chi connectivity index (χ1n) is 10.6. The molecule has 0 bridgehead atoms. The van der Waals surface area contributed by atoms with Gasteiger partial charge in [-0.15, -0.1) is 0 Å². The van der Waals surface area contributed by atoms with Gasteiger partial charge in [-0.25, -0.2) is 4.39 Å². The van der Waals surface area contributed by atoms with Crippen molar-refractivity contribution >= 4 is 11.6 Å². The fourth-order valence-corrected chi connectivity index (χ4v) is 4.97. The van der Waals surface area contributed by atoms with E-state index in [2.05, 4.69) is 58.0 Å². The van der Waals surface area contributed by atoms with Crippen LogP contribution in [0.4, 0.5) is 10.1 Å². The number of hydrogen-bond acceptors (Lipinski definition) is 1. The molecule has 30 heavy (non-hydrogen) atoms. The van der Waals surface area contributed by atoms with E-state index >= 15 is 0 Å². The number of amides is 1. The van der Waals surface area contributed by atoms with Crippen molar-refractivity contribution in [2.24, 2.45) is 0 Å².